The summed E-state index contributed by atoms with van der Waals surface area (Å²) in [5.41, 5.74) is -0.463. The molecule has 1 aliphatic heterocycles. The molecule has 1 saturated carbocycles. The smallest absolute Gasteiger partial charge is 0.211 e. The molecule has 20 heavy (non-hydrogen) atoms. The summed E-state index contributed by atoms with van der Waals surface area (Å²) in [6.45, 7) is 5.39. The molecule has 1 saturated heterocycles. The van der Waals surface area contributed by atoms with Crippen molar-refractivity contribution in [1.29, 1.82) is 5.26 Å². The van der Waals surface area contributed by atoms with Crippen molar-refractivity contribution >= 4 is 10.0 Å². The van der Waals surface area contributed by atoms with E-state index in [9.17, 15) is 13.7 Å². The van der Waals surface area contributed by atoms with Gasteiger partial charge in [-0.05, 0) is 26.2 Å². The van der Waals surface area contributed by atoms with E-state index in [4.69, 9.17) is 0 Å². The average Bonchev–Trinajstić information content (AvgIpc) is 3.20. The van der Waals surface area contributed by atoms with Crippen LogP contribution >= 0.6 is 0 Å². The third-order valence-corrected chi connectivity index (χ3v) is 5.38. The van der Waals surface area contributed by atoms with Gasteiger partial charge in [0.05, 0.1) is 12.3 Å². The van der Waals surface area contributed by atoms with E-state index in [0.29, 0.717) is 19.1 Å². The number of rotatable bonds is 6. The van der Waals surface area contributed by atoms with E-state index >= 15 is 0 Å². The first kappa shape index (κ1) is 15.7. The summed E-state index contributed by atoms with van der Waals surface area (Å²) < 4.78 is 24.4. The SMILES string of the molecule is CC(C#N)(CCN1CCN(S(C)(=O)=O)CC1)NC1CC1. The van der Waals surface area contributed by atoms with Crippen LogP contribution in [0.3, 0.4) is 0 Å². The van der Waals surface area contributed by atoms with Crippen LogP contribution in [-0.2, 0) is 10.0 Å². The number of nitrogens with one attached hydrogen (secondary N) is 1. The third kappa shape index (κ3) is 4.42. The predicted molar refractivity (Wildman–Crippen MR) is 77.6 cm³/mol. The van der Waals surface area contributed by atoms with Gasteiger partial charge >= 0.3 is 0 Å². The molecule has 0 aromatic carbocycles. The normalized spacial score (nSPS) is 25.1. The third-order valence-electron chi connectivity index (χ3n) is 4.08. The summed E-state index contributed by atoms with van der Waals surface area (Å²) in [6, 6.07) is 2.89. The average molecular weight is 300 g/mol. The molecule has 7 heteroatoms. The maximum Gasteiger partial charge on any atom is 0.211 e. The zero-order chi connectivity index (χ0) is 14.8. The van der Waals surface area contributed by atoms with Crippen LogP contribution in [-0.4, -0.2) is 68.2 Å². The Morgan fingerprint density at radius 2 is 1.90 bits per heavy atom. The Morgan fingerprint density at radius 3 is 2.35 bits per heavy atom. The zero-order valence-corrected chi connectivity index (χ0v) is 13.1. The van der Waals surface area contributed by atoms with Gasteiger partial charge in [-0.15, -0.1) is 0 Å². The van der Waals surface area contributed by atoms with Crippen molar-refractivity contribution in [3.63, 3.8) is 0 Å². The van der Waals surface area contributed by atoms with Crippen molar-refractivity contribution in [1.82, 2.24) is 14.5 Å². The lowest BCUT2D eigenvalue weighted by atomic mass is 9.99. The Hall–Kier alpha value is -0.680. The van der Waals surface area contributed by atoms with E-state index in [1.165, 1.54) is 23.4 Å². The van der Waals surface area contributed by atoms with Gasteiger partial charge < -0.3 is 4.90 Å². The molecule has 2 rings (SSSR count). The maximum absolute atomic E-state index is 11.4. The van der Waals surface area contributed by atoms with Gasteiger partial charge in [0.1, 0.15) is 5.54 Å². The lowest BCUT2D eigenvalue weighted by Gasteiger charge is -2.35. The molecule has 0 aromatic rings. The molecule has 2 aliphatic rings. The second-order valence-corrected chi connectivity index (χ2v) is 8.10. The number of piperazine rings is 1. The predicted octanol–water partition coefficient (Wildman–Crippen LogP) is -0.0120. The Labute approximate surface area is 121 Å². The highest BCUT2D eigenvalue weighted by atomic mass is 32.2. The Kier molecular flexibility index (Phi) is 4.69. The monoisotopic (exact) mass is 300 g/mol. The van der Waals surface area contributed by atoms with Crippen molar-refractivity contribution in [3.8, 4) is 6.07 Å². The van der Waals surface area contributed by atoms with Gasteiger partial charge in [-0.2, -0.15) is 9.57 Å². The lowest BCUT2D eigenvalue weighted by molar-refractivity contribution is 0.176. The van der Waals surface area contributed by atoms with Crippen LogP contribution in [0.1, 0.15) is 26.2 Å². The Bertz CT molecular complexity index is 475. The van der Waals surface area contributed by atoms with Gasteiger partial charge in [0, 0.05) is 38.8 Å². The van der Waals surface area contributed by atoms with Crippen molar-refractivity contribution in [2.24, 2.45) is 0 Å². The zero-order valence-electron chi connectivity index (χ0n) is 12.3. The minimum Gasteiger partial charge on any atom is -0.301 e. The summed E-state index contributed by atoms with van der Waals surface area (Å²) in [5.74, 6) is 0. The number of sulfonamides is 1. The summed E-state index contributed by atoms with van der Waals surface area (Å²) in [5, 5.41) is 12.7. The molecule has 0 amide bonds. The van der Waals surface area contributed by atoms with Gasteiger partial charge in [-0.1, -0.05) is 0 Å². The first-order valence-electron chi connectivity index (χ1n) is 7.19. The van der Waals surface area contributed by atoms with E-state index in [1.807, 2.05) is 6.92 Å². The van der Waals surface area contributed by atoms with Crippen LogP contribution in [0.2, 0.25) is 0 Å². The molecular weight excluding hydrogens is 276 g/mol. The van der Waals surface area contributed by atoms with E-state index in [1.54, 1.807) is 0 Å². The highest BCUT2D eigenvalue weighted by Crippen LogP contribution is 2.24. The molecule has 1 N–H and O–H groups in total. The minimum atomic E-state index is -3.06. The van der Waals surface area contributed by atoms with Crippen LogP contribution < -0.4 is 5.32 Å². The van der Waals surface area contributed by atoms with Crippen LogP contribution in [0, 0.1) is 11.3 Å². The molecule has 2 fully saturated rings. The minimum absolute atomic E-state index is 0.463. The molecule has 1 unspecified atom stereocenters. The van der Waals surface area contributed by atoms with E-state index < -0.39 is 15.6 Å². The molecule has 0 spiro atoms. The van der Waals surface area contributed by atoms with Crippen molar-refractivity contribution in [3.05, 3.63) is 0 Å². The van der Waals surface area contributed by atoms with Crippen LogP contribution in [0.5, 0.6) is 0 Å². The van der Waals surface area contributed by atoms with E-state index in [-0.39, 0.29) is 0 Å². The molecule has 114 valence electrons. The fourth-order valence-corrected chi connectivity index (χ4v) is 3.33. The summed E-state index contributed by atoms with van der Waals surface area (Å²) in [6.07, 6.45) is 4.38. The fraction of sp³-hybridized carbons (Fsp3) is 0.923. The van der Waals surface area contributed by atoms with Gasteiger partial charge in [-0.3, -0.25) is 5.32 Å². The number of hydrogen-bond donors (Lipinski definition) is 1. The Balaban J connectivity index is 1.76. The van der Waals surface area contributed by atoms with Crippen molar-refractivity contribution in [2.75, 3.05) is 39.0 Å². The largest absolute Gasteiger partial charge is 0.301 e. The quantitative estimate of drug-likeness (QED) is 0.746. The molecule has 0 radical (unpaired) electrons. The summed E-state index contributed by atoms with van der Waals surface area (Å²) >= 11 is 0. The van der Waals surface area contributed by atoms with Gasteiger partial charge in [0.25, 0.3) is 0 Å². The second kappa shape index (κ2) is 5.98. The maximum atomic E-state index is 11.4. The second-order valence-electron chi connectivity index (χ2n) is 6.12. The molecule has 6 nitrogen and oxygen atoms in total. The van der Waals surface area contributed by atoms with Gasteiger partial charge in [0.15, 0.2) is 0 Å². The fourth-order valence-electron chi connectivity index (χ4n) is 2.51. The lowest BCUT2D eigenvalue weighted by Crippen LogP contribution is -2.51. The topological polar surface area (TPSA) is 76.4 Å². The molecule has 0 aromatic heterocycles. The molecule has 0 bridgehead atoms. The number of nitrogens with zero attached hydrogens (tertiary/aromatic N) is 3. The molecule has 1 aliphatic carbocycles. The first-order chi connectivity index (χ1) is 9.32. The van der Waals surface area contributed by atoms with Crippen molar-refractivity contribution < 1.29 is 8.42 Å². The standard InChI is InChI=1S/C13H24N4O2S/c1-13(11-14,15-12-3-4-12)5-6-16-7-9-17(10-8-16)20(2,18)19/h12,15H,3-10H2,1-2H3. The summed E-state index contributed by atoms with van der Waals surface area (Å²) in [7, 11) is -3.06. The van der Waals surface area contributed by atoms with Crippen molar-refractivity contribution in [2.45, 2.75) is 37.8 Å². The molecule has 1 atom stereocenters. The van der Waals surface area contributed by atoms with E-state index in [2.05, 4.69) is 16.3 Å². The number of nitriles is 1. The van der Waals surface area contributed by atoms with Crippen LogP contribution in [0.25, 0.3) is 0 Å². The van der Waals surface area contributed by atoms with Crippen LogP contribution in [0.15, 0.2) is 0 Å². The van der Waals surface area contributed by atoms with Gasteiger partial charge in [-0.25, -0.2) is 8.42 Å². The molecule has 1 heterocycles. The highest BCUT2D eigenvalue weighted by molar-refractivity contribution is 7.88. The van der Waals surface area contributed by atoms with Gasteiger partial charge in [0.2, 0.25) is 10.0 Å². The highest BCUT2D eigenvalue weighted by Gasteiger charge is 2.33. The van der Waals surface area contributed by atoms with Crippen LogP contribution in [0.4, 0.5) is 0 Å². The molecular formula is C13H24N4O2S. The summed E-state index contributed by atoms with van der Waals surface area (Å²) in [4.78, 5) is 2.24. The number of hydrogen-bond acceptors (Lipinski definition) is 5. The van der Waals surface area contributed by atoms with E-state index in [0.717, 1.165) is 26.1 Å². The Morgan fingerprint density at radius 1 is 1.30 bits per heavy atom. The first-order valence-corrected chi connectivity index (χ1v) is 9.04.